The van der Waals surface area contributed by atoms with E-state index in [1.807, 2.05) is 53.5 Å². The maximum absolute atomic E-state index is 11.6. The first-order chi connectivity index (χ1) is 17.5. The molecule has 37 heavy (non-hydrogen) atoms. The topological polar surface area (TPSA) is 120 Å². The van der Waals surface area contributed by atoms with E-state index in [4.69, 9.17) is 16.0 Å². The Bertz CT molecular complexity index is 1530. The van der Waals surface area contributed by atoms with Gasteiger partial charge in [-0.2, -0.15) is 4.57 Å². The standard InChI is InChI=1S/C24H25BrClN3O6S2/c1-3-15(11-22-29(14-23(30)31)17-12-16(25)6-7-19(17)36-22)10-21-27(2)24-18(13-20(26)35-24)28(21)8-4-5-9-37(32,33)34/h6-7,10-13H,3-5,8-9,14H2,1-2H3,(H-,30,31,32,33,34). The molecule has 1 aliphatic rings. The van der Waals surface area contributed by atoms with Gasteiger partial charge in [0.2, 0.25) is 10.7 Å². The fourth-order valence-corrected chi connectivity index (χ4v) is 6.40. The van der Waals surface area contributed by atoms with Crippen molar-refractivity contribution < 1.29 is 31.9 Å². The number of carbonyl (C=O) groups is 1. The highest BCUT2D eigenvalue weighted by Crippen LogP contribution is 2.47. The van der Waals surface area contributed by atoms with E-state index >= 15 is 0 Å². The molecule has 0 bridgehead atoms. The van der Waals surface area contributed by atoms with Gasteiger partial charge in [0, 0.05) is 27.3 Å². The van der Waals surface area contributed by atoms with Crippen LogP contribution in [-0.2, 0) is 28.5 Å². The lowest BCUT2D eigenvalue weighted by atomic mass is 10.1. The van der Waals surface area contributed by atoms with Crippen LogP contribution in [0.4, 0.5) is 5.69 Å². The van der Waals surface area contributed by atoms with Crippen LogP contribution in [0, 0.1) is 0 Å². The van der Waals surface area contributed by atoms with Crippen LogP contribution in [0.5, 0.6) is 0 Å². The van der Waals surface area contributed by atoms with Crippen molar-refractivity contribution in [3.05, 3.63) is 56.5 Å². The molecular weight excluding hydrogens is 606 g/mol. The molecule has 9 nitrogen and oxygen atoms in total. The van der Waals surface area contributed by atoms with Gasteiger partial charge in [-0.15, -0.1) is 0 Å². The molecule has 1 aromatic carbocycles. The molecule has 3 aromatic rings. The summed E-state index contributed by atoms with van der Waals surface area (Å²) in [5, 5.41) is 10.6. The lowest BCUT2D eigenvalue weighted by Gasteiger charge is -2.18. The van der Waals surface area contributed by atoms with Crippen LogP contribution < -0.4 is 9.47 Å². The van der Waals surface area contributed by atoms with Crippen molar-refractivity contribution in [2.75, 3.05) is 17.2 Å². The molecule has 0 aliphatic carbocycles. The number of carboxylic acids is 1. The first-order valence-corrected chi connectivity index (χ1v) is 15.0. The number of thioether (sulfide) groups is 1. The molecule has 1 aliphatic heterocycles. The molecule has 0 saturated carbocycles. The predicted molar refractivity (Wildman–Crippen MR) is 146 cm³/mol. The summed E-state index contributed by atoms with van der Waals surface area (Å²) >= 11 is 11.1. The first kappa shape index (κ1) is 27.8. The largest absolute Gasteiger partial charge is 0.748 e. The zero-order valence-electron chi connectivity index (χ0n) is 20.1. The number of halogens is 2. The van der Waals surface area contributed by atoms with Crippen LogP contribution in [0.3, 0.4) is 0 Å². The Labute approximate surface area is 232 Å². The number of allylic oxidation sites excluding steroid dienone is 2. The number of anilines is 1. The van der Waals surface area contributed by atoms with E-state index < -0.39 is 21.8 Å². The Morgan fingerprint density at radius 1 is 1.32 bits per heavy atom. The van der Waals surface area contributed by atoms with Gasteiger partial charge < -0.3 is 19.0 Å². The van der Waals surface area contributed by atoms with E-state index in [-0.39, 0.29) is 18.2 Å². The van der Waals surface area contributed by atoms with E-state index in [0.717, 1.165) is 37.0 Å². The molecule has 13 heteroatoms. The van der Waals surface area contributed by atoms with Crippen molar-refractivity contribution in [3.8, 4) is 0 Å². The van der Waals surface area contributed by atoms with E-state index in [1.165, 1.54) is 11.8 Å². The number of nitrogens with zero attached hydrogens (tertiary/aromatic N) is 3. The molecule has 0 fully saturated rings. The van der Waals surface area contributed by atoms with Gasteiger partial charge in [0.1, 0.15) is 6.54 Å². The van der Waals surface area contributed by atoms with Gasteiger partial charge in [-0.1, -0.05) is 34.6 Å². The summed E-state index contributed by atoms with van der Waals surface area (Å²) in [5.41, 5.74) is 3.11. The Kier molecular flexibility index (Phi) is 8.44. The number of carboxylic acid groups (broad SMARTS) is 1. The molecule has 0 unspecified atom stereocenters. The summed E-state index contributed by atoms with van der Waals surface area (Å²) in [7, 11) is -2.42. The number of hydrogen-bond acceptors (Lipinski definition) is 7. The van der Waals surface area contributed by atoms with Crippen molar-refractivity contribution >= 4 is 78.4 Å². The fraction of sp³-hybridized carbons (Fsp3) is 0.333. The highest BCUT2D eigenvalue weighted by atomic mass is 79.9. The van der Waals surface area contributed by atoms with Crippen LogP contribution >= 0.6 is 39.3 Å². The van der Waals surface area contributed by atoms with Gasteiger partial charge in [0.05, 0.1) is 34.4 Å². The van der Waals surface area contributed by atoms with E-state index in [1.54, 1.807) is 11.0 Å². The van der Waals surface area contributed by atoms with E-state index in [2.05, 4.69) is 15.9 Å². The van der Waals surface area contributed by atoms with Crippen LogP contribution in [0.25, 0.3) is 17.3 Å². The number of hydrogen-bond donors (Lipinski definition) is 1. The third-order valence-electron chi connectivity index (χ3n) is 5.92. The fourth-order valence-electron chi connectivity index (χ4n) is 4.19. The van der Waals surface area contributed by atoms with Crippen LogP contribution in [0.2, 0.25) is 5.22 Å². The molecule has 198 valence electrons. The SMILES string of the molecule is CCC(=C/c1n(CCCCS(=O)(=O)[O-])c2cc(Cl)oc2[n+]1C)/C=C1\Sc2ccc(Br)cc2N1CC(=O)O. The first-order valence-electron chi connectivity index (χ1n) is 11.5. The van der Waals surface area contributed by atoms with Gasteiger partial charge in [-0.3, -0.25) is 4.79 Å². The highest BCUT2D eigenvalue weighted by Gasteiger charge is 2.29. The smallest absolute Gasteiger partial charge is 0.339 e. The molecule has 0 radical (unpaired) electrons. The van der Waals surface area contributed by atoms with Crippen molar-refractivity contribution in [2.45, 2.75) is 37.6 Å². The van der Waals surface area contributed by atoms with Gasteiger partial charge >= 0.3 is 11.7 Å². The van der Waals surface area contributed by atoms with E-state index in [0.29, 0.717) is 25.1 Å². The second-order valence-electron chi connectivity index (χ2n) is 8.53. The molecule has 4 rings (SSSR count). The number of imidazole rings is 1. The second-order valence-corrected chi connectivity index (χ2v) is 12.4. The second kappa shape index (κ2) is 11.2. The number of unbranched alkanes of at least 4 members (excludes halogenated alkanes) is 1. The minimum Gasteiger partial charge on any atom is -0.748 e. The zero-order chi connectivity index (χ0) is 26.9. The molecule has 3 heterocycles. The number of aromatic nitrogens is 2. The van der Waals surface area contributed by atoms with E-state index in [9.17, 15) is 22.9 Å². The molecule has 1 N–H and O–H groups in total. The number of aryl methyl sites for hydroxylation is 2. The summed E-state index contributed by atoms with van der Waals surface area (Å²) in [6.45, 7) is 2.31. The van der Waals surface area contributed by atoms with Crippen LogP contribution in [-0.4, -0.2) is 40.9 Å². The maximum Gasteiger partial charge on any atom is 0.339 e. The number of aliphatic carboxylic acids is 1. The lowest BCUT2D eigenvalue weighted by Crippen LogP contribution is -2.31. The monoisotopic (exact) mass is 629 g/mol. The maximum atomic E-state index is 11.6. The highest BCUT2D eigenvalue weighted by molar-refractivity contribution is 9.10. The average molecular weight is 631 g/mol. The number of benzene rings is 1. The van der Waals surface area contributed by atoms with Gasteiger partial charge in [0.15, 0.2) is 0 Å². The Morgan fingerprint density at radius 2 is 2.08 bits per heavy atom. The summed E-state index contributed by atoms with van der Waals surface area (Å²) in [4.78, 5) is 14.4. The molecule has 2 aromatic heterocycles. The van der Waals surface area contributed by atoms with Crippen molar-refractivity contribution in [1.29, 1.82) is 0 Å². The lowest BCUT2D eigenvalue weighted by molar-refractivity contribution is -0.654. The summed E-state index contributed by atoms with van der Waals surface area (Å²) in [6, 6.07) is 7.50. The quantitative estimate of drug-likeness (QED) is 0.186. The average Bonchev–Trinajstić information content (AvgIpc) is 3.42. The molecule has 0 amide bonds. The minimum absolute atomic E-state index is 0.169. The third kappa shape index (κ3) is 6.43. The minimum atomic E-state index is -4.27. The summed E-state index contributed by atoms with van der Waals surface area (Å²) < 4.78 is 43.4. The van der Waals surface area contributed by atoms with Crippen molar-refractivity contribution in [1.82, 2.24) is 4.57 Å². The Balaban J connectivity index is 1.72. The number of rotatable bonds is 10. The number of furan rings is 1. The Morgan fingerprint density at radius 3 is 2.76 bits per heavy atom. The Hall–Kier alpha value is -2.25. The van der Waals surface area contributed by atoms with Gasteiger partial charge in [-0.25, -0.2) is 13.0 Å². The van der Waals surface area contributed by atoms with Crippen molar-refractivity contribution in [2.24, 2.45) is 7.05 Å². The zero-order valence-corrected chi connectivity index (χ0v) is 24.1. The van der Waals surface area contributed by atoms with Crippen molar-refractivity contribution in [3.63, 3.8) is 0 Å². The molecule has 0 spiro atoms. The number of fused-ring (bicyclic) bond motifs is 2. The molecular formula is C24H25BrClN3O6S2. The van der Waals surface area contributed by atoms with Gasteiger partial charge in [0.25, 0.3) is 5.82 Å². The molecule has 0 atom stereocenters. The summed E-state index contributed by atoms with van der Waals surface area (Å²) in [5.74, 6) is -0.545. The van der Waals surface area contributed by atoms with Gasteiger partial charge in [-0.05, 0) is 60.7 Å². The summed E-state index contributed by atoms with van der Waals surface area (Å²) in [6.07, 6.45) is 5.37. The normalized spacial score (nSPS) is 15.2. The molecule has 0 saturated heterocycles. The third-order valence-corrected chi connectivity index (χ3v) is 8.50. The van der Waals surface area contributed by atoms with Crippen LogP contribution in [0.1, 0.15) is 32.0 Å². The predicted octanol–water partition coefficient (Wildman–Crippen LogP) is 5.13. The van der Waals surface area contributed by atoms with Crippen LogP contribution in [0.15, 0.2) is 54.7 Å².